The number of aliphatic hydroxyl groups is 1. The molecule has 1 aromatic carbocycles. The van der Waals surface area contributed by atoms with Gasteiger partial charge in [0, 0.05) is 43.9 Å². The normalized spacial score (nSPS) is 18.3. The van der Waals surface area contributed by atoms with Gasteiger partial charge in [0.1, 0.15) is 24.1 Å². The van der Waals surface area contributed by atoms with Crippen molar-refractivity contribution in [2.75, 3.05) is 40.5 Å². The zero-order valence-electron chi connectivity index (χ0n) is 20.3. The molecule has 0 saturated carbocycles. The first kappa shape index (κ1) is 26.1. The Morgan fingerprint density at radius 1 is 1.43 bits per heavy atom. The maximum absolute atomic E-state index is 13.6. The van der Waals surface area contributed by atoms with Gasteiger partial charge in [0.25, 0.3) is 11.8 Å². The smallest absolute Gasteiger partial charge is 0.259 e. The number of carbonyl (C=O) groups excluding carboxylic acids is 2. The van der Waals surface area contributed by atoms with Gasteiger partial charge in [-0.05, 0) is 31.2 Å². The highest BCUT2D eigenvalue weighted by Crippen LogP contribution is 2.27. The van der Waals surface area contributed by atoms with Gasteiger partial charge in [-0.2, -0.15) is 0 Å². The third-order valence-electron chi connectivity index (χ3n) is 5.84. The maximum atomic E-state index is 13.6. The molecule has 9 heteroatoms. The number of hydrogen-bond donors (Lipinski definition) is 1. The summed E-state index contributed by atoms with van der Waals surface area (Å²) < 4.78 is 24.7. The van der Waals surface area contributed by atoms with E-state index >= 15 is 0 Å². The Morgan fingerprint density at radius 2 is 2.20 bits per heavy atom. The lowest BCUT2D eigenvalue weighted by atomic mass is 9.99. The molecule has 0 aliphatic carbocycles. The number of ether oxygens (including phenoxy) is 2. The average Bonchev–Trinajstić information content (AvgIpc) is 2.85. The number of rotatable bonds is 6. The topological polar surface area (TPSA) is 92.2 Å². The van der Waals surface area contributed by atoms with Crippen LogP contribution in [0.15, 0.2) is 36.5 Å². The Kier molecular flexibility index (Phi) is 8.79. The van der Waals surface area contributed by atoms with Crippen molar-refractivity contribution in [2.24, 2.45) is 5.92 Å². The third-order valence-corrected chi connectivity index (χ3v) is 5.84. The number of carbonyl (C=O) groups is 2. The predicted octanol–water partition coefficient (Wildman–Crippen LogP) is 2.21. The monoisotopic (exact) mass is 483 g/mol. The summed E-state index contributed by atoms with van der Waals surface area (Å²) in [4.78, 5) is 33.7. The fourth-order valence-corrected chi connectivity index (χ4v) is 3.79. The summed E-state index contributed by atoms with van der Waals surface area (Å²) >= 11 is 0. The third kappa shape index (κ3) is 6.35. The molecule has 35 heavy (non-hydrogen) atoms. The zero-order chi connectivity index (χ0) is 25.5. The van der Waals surface area contributed by atoms with Crippen LogP contribution in [0.5, 0.6) is 5.88 Å². The van der Waals surface area contributed by atoms with E-state index in [4.69, 9.17) is 9.47 Å². The Bertz CT molecular complexity index is 1130. The number of likely N-dealkylation sites (N-methyl/N-ethyl adjacent to an activating group) is 1. The number of fused-ring (bicyclic) bond motifs is 1. The van der Waals surface area contributed by atoms with E-state index in [1.54, 1.807) is 31.0 Å². The highest BCUT2D eigenvalue weighted by atomic mass is 19.1. The summed E-state index contributed by atoms with van der Waals surface area (Å²) in [6.07, 6.45) is 0.996. The SMILES string of the molecule is COCC#Cc1cnc2c(c1)C(=O)N([C@H](C)CO)C[C@H](C)[C@H](CN(C)C(=O)c1cccc(F)c1)O2. The summed E-state index contributed by atoms with van der Waals surface area (Å²) in [5.41, 5.74) is 0.984. The van der Waals surface area contributed by atoms with Gasteiger partial charge in [0.05, 0.1) is 19.2 Å². The first-order chi connectivity index (χ1) is 16.7. The van der Waals surface area contributed by atoms with Crippen LogP contribution in [0.25, 0.3) is 0 Å². The van der Waals surface area contributed by atoms with Crippen LogP contribution in [0.2, 0.25) is 0 Å². The average molecular weight is 484 g/mol. The van der Waals surface area contributed by atoms with E-state index < -0.39 is 18.0 Å². The van der Waals surface area contributed by atoms with Crippen molar-refractivity contribution < 1.29 is 28.6 Å². The summed E-state index contributed by atoms with van der Waals surface area (Å²) in [6, 6.07) is 6.68. The summed E-state index contributed by atoms with van der Waals surface area (Å²) in [7, 11) is 3.15. The molecule has 186 valence electrons. The van der Waals surface area contributed by atoms with Crippen LogP contribution in [0.1, 0.15) is 40.1 Å². The van der Waals surface area contributed by atoms with E-state index in [1.165, 1.54) is 36.4 Å². The minimum absolute atomic E-state index is 0.130. The number of methoxy groups -OCH3 is 1. The van der Waals surface area contributed by atoms with E-state index in [0.717, 1.165) is 0 Å². The van der Waals surface area contributed by atoms with Crippen molar-refractivity contribution in [1.29, 1.82) is 0 Å². The molecular weight excluding hydrogens is 453 g/mol. The van der Waals surface area contributed by atoms with Crippen molar-refractivity contribution in [3.8, 4) is 17.7 Å². The molecule has 8 nitrogen and oxygen atoms in total. The van der Waals surface area contributed by atoms with Crippen LogP contribution in [0.3, 0.4) is 0 Å². The van der Waals surface area contributed by atoms with Gasteiger partial charge in [-0.1, -0.05) is 24.8 Å². The lowest BCUT2D eigenvalue weighted by Crippen LogP contribution is -2.50. The summed E-state index contributed by atoms with van der Waals surface area (Å²) in [5, 5.41) is 9.77. The van der Waals surface area contributed by atoms with Gasteiger partial charge in [-0.3, -0.25) is 9.59 Å². The van der Waals surface area contributed by atoms with Crippen molar-refractivity contribution >= 4 is 11.8 Å². The van der Waals surface area contributed by atoms with Crippen LogP contribution in [-0.2, 0) is 4.74 Å². The van der Waals surface area contributed by atoms with Crippen LogP contribution in [0.4, 0.5) is 4.39 Å². The molecule has 2 heterocycles. The molecule has 2 amide bonds. The summed E-state index contributed by atoms with van der Waals surface area (Å²) in [5.74, 6) is 4.50. The number of aliphatic hydroxyl groups excluding tert-OH is 1. The molecule has 0 unspecified atom stereocenters. The minimum Gasteiger partial charge on any atom is -0.472 e. The second kappa shape index (κ2) is 11.8. The fourth-order valence-electron chi connectivity index (χ4n) is 3.79. The van der Waals surface area contributed by atoms with Gasteiger partial charge < -0.3 is 24.4 Å². The highest BCUT2D eigenvalue weighted by molar-refractivity contribution is 5.97. The van der Waals surface area contributed by atoms with E-state index in [0.29, 0.717) is 12.1 Å². The molecule has 0 fully saturated rings. The van der Waals surface area contributed by atoms with Gasteiger partial charge in [-0.15, -0.1) is 0 Å². The van der Waals surface area contributed by atoms with Crippen LogP contribution >= 0.6 is 0 Å². The molecule has 0 radical (unpaired) electrons. The molecule has 0 bridgehead atoms. The Labute approximate surface area is 204 Å². The zero-order valence-corrected chi connectivity index (χ0v) is 20.3. The van der Waals surface area contributed by atoms with Crippen molar-refractivity contribution in [2.45, 2.75) is 26.0 Å². The first-order valence-corrected chi connectivity index (χ1v) is 11.3. The van der Waals surface area contributed by atoms with Gasteiger partial charge in [0.15, 0.2) is 0 Å². The number of pyridine rings is 1. The first-order valence-electron chi connectivity index (χ1n) is 11.3. The maximum Gasteiger partial charge on any atom is 0.259 e. The lowest BCUT2D eigenvalue weighted by molar-refractivity contribution is 0.0313. The molecule has 1 N–H and O–H groups in total. The molecule has 0 saturated heterocycles. The van der Waals surface area contributed by atoms with Crippen LogP contribution < -0.4 is 4.74 Å². The number of aromatic nitrogens is 1. The molecule has 0 spiro atoms. The Balaban J connectivity index is 1.93. The highest BCUT2D eigenvalue weighted by Gasteiger charge is 2.34. The molecule has 1 aliphatic rings. The van der Waals surface area contributed by atoms with Crippen LogP contribution in [0, 0.1) is 23.6 Å². The number of hydrogen-bond acceptors (Lipinski definition) is 6. The second-order valence-electron chi connectivity index (χ2n) is 8.63. The van der Waals surface area contributed by atoms with Crippen LogP contribution in [-0.4, -0.2) is 84.3 Å². The fraction of sp³-hybridized carbons (Fsp3) is 0.423. The number of nitrogens with zero attached hydrogens (tertiary/aromatic N) is 3. The lowest BCUT2D eigenvalue weighted by Gasteiger charge is -2.37. The second-order valence-corrected chi connectivity index (χ2v) is 8.63. The molecular formula is C26H30FN3O5. The minimum atomic E-state index is -0.518. The largest absolute Gasteiger partial charge is 0.472 e. The molecule has 2 aromatic rings. The molecule has 3 atom stereocenters. The van der Waals surface area contributed by atoms with Gasteiger partial charge in [0.2, 0.25) is 5.88 Å². The van der Waals surface area contributed by atoms with Crippen molar-refractivity contribution in [1.82, 2.24) is 14.8 Å². The predicted molar refractivity (Wildman–Crippen MR) is 128 cm³/mol. The number of amides is 2. The Hall–Kier alpha value is -3.48. The molecule has 1 aliphatic heterocycles. The van der Waals surface area contributed by atoms with E-state index in [1.807, 2.05) is 6.92 Å². The van der Waals surface area contributed by atoms with E-state index in [2.05, 4.69) is 16.8 Å². The molecule has 3 rings (SSSR count). The van der Waals surface area contributed by atoms with Crippen molar-refractivity contribution in [3.05, 3.63) is 59.0 Å². The standard InChI is InChI=1S/C26H30FN3O5/c1-17-14-30(18(2)16-31)26(33)22-11-19(7-6-10-34-4)13-28-24(22)35-23(17)15-29(3)25(32)20-8-5-9-21(27)12-20/h5,8-9,11-13,17-18,23,31H,10,14-16H2,1-4H3/t17-,18+,23-/m0/s1. The molecule has 1 aromatic heterocycles. The van der Waals surface area contributed by atoms with Crippen molar-refractivity contribution in [3.63, 3.8) is 0 Å². The van der Waals surface area contributed by atoms with Gasteiger partial charge >= 0.3 is 0 Å². The number of benzene rings is 1. The summed E-state index contributed by atoms with van der Waals surface area (Å²) in [6.45, 7) is 4.18. The Morgan fingerprint density at radius 3 is 2.89 bits per heavy atom. The van der Waals surface area contributed by atoms with Gasteiger partial charge in [-0.25, -0.2) is 9.37 Å². The number of halogens is 1. The quantitative estimate of drug-likeness (QED) is 0.634. The van der Waals surface area contributed by atoms with E-state index in [9.17, 15) is 19.1 Å². The van der Waals surface area contributed by atoms with E-state index in [-0.39, 0.29) is 54.5 Å².